The van der Waals surface area contributed by atoms with Gasteiger partial charge >= 0.3 is 5.97 Å². The van der Waals surface area contributed by atoms with E-state index in [0.717, 1.165) is 23.7 Å². The number of hydrogen-bond acceptors (Lipinski definition) is 4. The number of nitrogens with zero attached hydrogens (tertiary/aromatic N) is 1. The third-order valence-electron chi connectivity index (χ3n) is 5.56. The maximum atomic E-state index is 12.7. The summed E-state index contributed by atoms with van der Waals surface area (Å²) < 4.78 is 7.12. The van der Waals surface area contributed by atoms with Gasteiger partial charge in [0.2, 0.25) is 0 Å². The lowest BCUT2D eigenvalue weighted by Crippen LogP contribution is -2.18. The summed E-state index contributed by atoms with van der Waals surface area (Å²) in [4.78, 5) is 24.9. The van der Waals surface area contributed by atoms with Gasteiger partial charge in [-0.1, -0.05) is 50.3 Å². The zero-order valence-electron chi connectivity index (χ0n) is 14.7. The first-order chi connectivity index (χ1) is 12.6. The molecule has 136 valence electrons. The summed E-state index contributed by atoms with van der Waals surface area (Å²) in [7, 11) is 0. The molecule has 1 aromatic heterocycles. The van der Waals surface area contributed by atoms with Gasteiger partial charge in [0.1, 0.15) is 5.57 Å². The molecule has 1 atom stereocenters. The molecule has 0 radical (unpaired) electrons. The van der Waals surface area contributed by atoms with Crippen LogP contribution in [0, 0.1) is 5.92 Å². The Morgan fingerprint density at radius 1 is 1.15 bits per heavy atom. The van der Waals surface area contributed by atoms with Gasteiger partial charge in [-0.25, -0.2) is 4.79 Å². The third-order valence-corrected chi connectivity index (χ3v) is 5.56. The summed E-state index contributed by atoms with van der Waals surface area (Å²) in [6.45, 7) is 0.0121. The van der Waals surface area contributed by atoms with Crippen molar-refractivity contribution in [3.05, 3.63) is 47.9 Å². The number of aliphatic hydroxyl groups is 1. The van der Waals surface area contributed by atoms with E-state index < -0.39 is 17.9 Å². The highest BCUT2D eigenvalue weighted by atomic mass is 16.6. The molecule has 0 amide bonds. The topological polar surface area (TPSA) is 68.5 Å². The van der Waals surface area contributed by atoms with Crippen LogP contribution >= 0.6 is 0 Å². The monoisotopic (exact) mass is 353 g/mol. The molecule has 4 rings (SSSR count). The first kappa shape index (κ1) is 16.9. The van der Waals surface area contributed by atoms with E-state index in [-0.39, 0.29) is 17.9 Å². The molecule has 26 heavy (non-hydrogen) atoms. The van der Waals surface area contributed by atoms with E-state index in [1.54, 1.807) is 4.57 Å². The Bertz CT molecular complexity index is 873. The number of ketones is 1. The van der Waals surface area contributed by atoms with Crippen LogP contribution in [0.4, 0.5) is 0 Å². The number of aromatic nitrogens is 1. The molecule has 1 aromatic carbocycles. The Kier molecular flexibility index (Phi) is 4.53. The molecule has 2 heterocycles. The summed E-state index contributed by atoms with van der Waals surface area (Å²) in [5.41, 5.74) is 0.745. The molecule has 1 N–H and O–H groups in total. The highest BCUT2D eigenvalue weighted by Crippen LogP contribution is 2.33. The van der Waals surface area contributed by atoms with Crippen LogP contribution in [0.1, 0.15) is 38.5 Å². The van der Waals surface area contributed by atoms with E-state index in [9.17, 15) is 14.7 Å². The summed E-state index contributed by atoms with van der Waals surface area (Å²) in [5, 5.41) is 11.5. The van der Waals surface area contributed by atoms with Crippen LogP contribution in [-0.2, 0) is 20.9 Å². The van der Waals surface area contributed by atoms with Crippen molar-refractivity contribution >= 4 is 22.7 Å². The van der Waals surface area contributed by atoms with Gasteiger partial charge in [-0.15, -0.1) is 0 Å². The van der Waals surface area contributed by atoms with Crippen molar-refractivity contribution in [2.45, 2.75) is 51.2 Å². The maximum Gasteiger partial charge on any atom is 0.346 e. The van der Waals surface area contributed by atoms with Crippen molar-refractivity contribution in [3.8, 4) is 0 Å². The molecule has 0 spiro atoms. The maximum absolute atomic E-state index is 12.7. The fourth-order valence-electron chi connectivity index (χ4n) is 4.16. The molecule has 1 unspecified atom stereocenters. The van der Waals surface area contributed by atoms with Gasteiger partial charge in [0.05, 0.1) is 6.54 Å². The molecule has 5 nitrogen and oxygen atoms in total. The van der Waals surface area contributed by atoms with E-state index in [0.29, 0.717) is 12.3 Å². The number of benzene rings is 1. The summed E-state index contributed by atoms with van der Waals surface area (Å²) >= 11 is 0. The second-order valence-electron chi connectivity index (χ2n) is 7.32. The van der Waals surface area contributed by atoms with Crippen LogP contribution in [0.3, 0.4) is 0 Å². The Hall–Kier alpha value is -2.56. The Balaban J connectivity index is 1.51. The Morgan fingerprint density at radius 3 is 2.73 bits per heavy atom. The van der Waals surface area contributed by atoms with Crippen LogP contribution < -0.4 is 0 Å². The van der Waals surface area contributed by atoms with Gasteiger partial charge in [0.15, 0.2) is 17.6 Å². The van der Waals surface area contributed by atoms with Crippen LogP contribution in [-0.4, -0.2) is 27.5 Å². The average molecular weight is 353 g/mol. The van der Waals surface area contributed by atoms with E-state index in [1.165, 1.54) is 19.3 Å². The van der Waals surface area contributed by atoms with Crippen molar-refractivity contribution < 1.29 is 19.4 Å². The fraction of sp³-hybridized carbons (Fsp3) is 0.429. The zero-order chi connectivity index (χ0) is 18.1. The number of cyclic esters (lactones) is 1. The fourth-order valence-corrected chi connectivity index (χ4v) is 4.16. The average Bonchev–Trinajstić information content (AvgIpc) is 3.17. The molecule has 1 saturated carbocycles. The number of Topliss-reactive ketones (excluding diaryl/α,β-unsaturated/α-hetero) is 1. The van der Waals surface area contributed by atoms with E-state index in [4.69, 9.17) is 4.74 Å². The van der Waals surface area contributed by atoms with Crippen molar-refractivity contribution in [1.29, 1.82) is 0 Å². The molecule has 5 heteroatoms. The quantitative estimate of drug-likeness (QED) is 0.653. The number of rotatable bonds is 5. The van der Waals surface area contributed by atoms with Gasteiger partial charge in [0, 0.05) is 11.7 Å². The first-order valence-electron chi connectivity index (χ1n) is 9.34. The molecule has 1 fully saturated rings. The molecule has 1 aliphatic carbocycles. The van der Waals surface area contributed by atoms with Gasteiger partial charge in [-0.3, -0.25) is 4.79 Å². The highest BCUT2D eigenvalue weighted by Gasteiger charge is 2.39. The summed E-state index contributed by atoms with van der Waals surface area (Å²) in [5.74, 6) is -0.821. The molecule has 1 aliphatic heterocycles. The normalized spacial score (nSPS) is 21.4. The number of para-hydroxylation sites is 1. The van der Waals surface area contributed by atoms with E-state index in [2.05, 4.69) is 0 Å². The Labute approximate surface area is 152 Å². The highest BCUT2D eigenvalue weighted by molar-refractivity contribution is 6.19. The minimum atomic E-state index is -0.690. The largest absolute Gasteiger partial charge is 0.507 e. The number of fused-ring (bicyclic) bond motifs is 1. The number of carbonyl (C=O) groups excluding carboxylic acids is 2. The molecular formula is C21H23NO4. The van der Waals surface area contributed by atoms with Crippen molar-refractivity contribution in [2.75, 3.05) is 0 Å². The number of ether oxygens (including phenoxy) is 1. The van der Waals surface area contributed by atoms with E-state index >= 15 is 0 Å². The number of aliphatic hydroxyl groups excluding tert-OH is 1. The summed E-state index contributed by atoms with van der Waals surface area (Å²) in [6.07, 6.45) is 7.58. The number of hydrogen-bond donors (Lipinski definition) is 1. The van der Waals surface area contributed by atoms with Crippen LogP contribution in [0.5, 0.6) is 0 Å². The zero-order valence-corrected chi connectivity index (χ0v) is 14.7. The van der Waals surface area contributed by atoms with Crippen LogP contribution in [0.25, 0.3) is 10.9 Å². The smallest absolute Gasteiger partial charge is 0.346 e. The predicted octanol–water partition coefficient (Wildman–Crippen LogP) is 3.92. The minimum absolute atomic E-state index is 0.0121. The minimum Gasteiger partial charge on any atom is -0.507 e. The van der Waals surface area contributed by atoms with E-state index in [1.807, 2.05) is 36.5 Å². The van der Waals surface area contributed by atoms with Crippen LogP contribution in [0.15, 0.2) is 47.9 Å². The second kappa shape index (κ2) is 6.98. The molecule has 0 saturated heterocycles. The van der Waals surface area contributed by atoms with Gasteiger partial charge in [0.25, 0.3) is 0 Å². The predicted molar refractivity (Wildman–Crippen MR) is 97.7 cm³/mol. The summed E-state index contributed by atoms with van der Waals surface area (Å²) in [6, 6.07) is 9.67. The molecule has 0 bridgehead atoms. The van der Waals surface area contributed by atoms with Gasteiger partial charge in [-0.05, 0) is 29.9 Å². The lowest BCUT2D eigenvalue weighted by atomic mass is 9.85. The van der Waals surface area contributed by atoms with Gasteiger partial charge < -0.3 is 14.4 Å². The molecule has 2 aliphatic rings. The first-order valence-corrected chi connectivity index (χ1v) is 9.34. The molecule has 2 aromatic rings. The third kappa shape index (κ3) is 3.14. The van der Waals surface area contributed by atoms with Crippen molar-refractivity contribution in [2.24, 2.45) is 5.92 Å². The SMILES string of the molecule is O=C(Cn1ccc2ccccc21)C1=C(O)C(CC2CCCCC2)OC1=O. The van der Waals surface area contributed by atoms with Crippen molar-refractivity contribution in [3.63, 3.8) is 0 Å². The van der Waals surface area contributed by atoms with Crippen LogP contribution in [0.2, 0.25) is 0 Å². The van der Waals surface area contributed by atoms with Gasteiger partial charge in [-0.2, -0.15) is 0 Å². The number of carbonyl (C=O) groups is 2. The number of esters is 1. The molecular weight excluding hydrogens is 330 g/mol. The second-order valence-corrected chi connectivity index (χ2v) is 7.32. The Morgan fingerprint density at radius 2 is 1.92 bits per heavy atom. The lowest BCUT2D eigenvalue weighted by Gasteiger charge is -2.23. The standard InChI is InChI=1S/C21H23NO4/c23-17(13-22-11-10-15-8-4-5-9-16(15)22)19-20(24)18(26-21(19)25)12-14-6-2-1-3-7-14/h4-5,8-11,14,18,24H,1-3,6-7,12-13H2. The van der Waals surface area contributed by atoms with Crippen molar-refractivity contribution in [1.82, 2.24) is 4.57 Å². The lowest BCUT2D eigenvalue weighted by molar-refractivity contribution is -0.141.